The lowest BCUT2D eigenvalue weighted by molar-refractivity contribution is 0.324. The number of nitrogens with zero attached hydrogens (tertiary/aromatic N) is 1. The first-order valence-corrected chi connectivity index (χ1v) is 9.97. The minimum Gasteiger partial charge on any atom is -0.461 e. The molecular weight excluding hydrogens is 354 g/mol. The van der Waals surface area contributed by atoms with E-state index in [1.54, 1.807) is 6.07 Å². The van der Waals surface area contributed by atoms with Gasteiger partial charge in [-0.05, 0) is 78.5 Å². The number of aryl methyl sites for hydroxylation is 3. The van der Waals surface area contributed by atoms with Crippen LogP contribution in [-0.4, -0.2) is 38.1 Å². The summed E-state index contributed by atoms with van der Waals surface area (Å²) in [6, 6.07) is 3.63. The summed E-state index contributed by atoms with van der Waals surface area (Å²) in [5.74, 6) is 0.904. The predicted molar refractivity (Wildman–Crippen MR) is 114 cm³/mol. The molecule has 6 nitrogen and oxygen atoms in total. The van der Waals surface area contributed by atoms with Gasteiger partial charge >= 0.3 is 5.63 Å². The molecule has 0 radical (unpaired) electrons. The normalized spacial score (nSPS) is 11.9. The average Bonchev–Trinajstić information content (AvgIpc) is 2.97. The second-order valence-electron chi connectivity index (χ2n) is 7.62. The van der Waals surface area contributed by atoms with Crippen molar-refractivity contribution in [2.45, 2.75) is 40.2 Å². The molecule has 152 valence electrons. The van der Waals surface area contributed by atoms with Crippen LogP contribution in [0.25, 0.3) is 21.9 Å². The number of furan rings is 1. The molecule has 0 atom stereocenters. The van der Waals surface area contributed by atoms with E-state index < -0.39 is 0 Å². The Labute approximate surface area is 165 Å². The van der Waals surface area contributed by atoms with Crippen LogP contribution < -0.4 is 16.7 Å². The number of hydrogen-bond donors (Lipinski definition) is 2. The van der Waals surface area contributed by atoms with Gasteiger partial charge in [0.2, 0.25) is 0 Å². The van der Waals surface area contributed by atoms with Crippen molar-refractivity contribution in [3.05, 3.63) is 45.0 Å². The molecule has 1 aromatic carbocycles. The van der Waals surface area contributed by atoms with E-state index in [1.165, 1.54) is 5.56 Å². The monoisotopic (exact) mass is 385 g/mol. The largest absolute Gasteiger partial charge is 0.461 e. The van der Waals surface area contributed by atoms with Gasteiger partial charge in [-0.1, -0.05) is 0 Å². The lowest BCUT2D eigenvalue weighted by Crippen LogP contribution is -2.26. The summed E-state index contributed by atoms with van der Waals surface area (Å²) in [4.78, 5) is 14.1. The highest BCUT2D eigenvalue weighted by molar-refractivity contribution is 5.99. The van der Waals surface area contributed by atoms with Gasteiger partial charge in [0, 0.05) is 34.5 Å². The molecule has 2 aromatic heterocycles. The predicted octanol–water partition coefficient (Wildman–Crippen LogP) is 3.22. The van der Waals surface area contributed by atoms with Crippen molar-refractivity contribution in [1.82, 2.24) is 10.2 Å². The Balaban J connectivity index is 1.75. The van der Waals surface area contributed by atoms with Gasteiger partial charge in [0.05, 0.1) is 0 Å². The van der Waals surface area contributed by atoms with Gasteiger partial charge in [-0.15, -0.1) is 0 Å². The van der Waals surface area contributed by atoms with E-state index in [0.717, 1.165) is 78.8 Å². The second-order valence-corrected chi connectivity index (χ2v) is 7.62. The van der Waals surface area contributed by atoms with E-state index in [-0.39, 0.29) is 5.63 Å². The topological polar surface area (TPSA) is 84.6 Å². The minimum absolute atomic E-state index is 0.325. The summed E-state index contributed by atoms with van der Waals surface area (Å²) >= 11 is 0. The Hall–Kier alpha value is -2.15. The van der Waals surface area contributed by atoms with E-state index in [4.69, 9.17) is 14.6 Å². The number of rotatable bonds is 9. The molecular formula is C22H31N3O3. The molecule has 3 aromatic rings. The Morgan fingerprint density at radius 3 is 2.50 bits per heavy atom. The van der Waals surface area contributed by atoms with Crippen molar-refractivity contribution in [2.24, 2.45) is 5.73 Å². The van der Waals surface area contributed by atoms with Crippen LogP contribution in [0.2, 0.25) is 0 Å². The molecule has 0 aliphatic rings. The molecule has 3 N–H and O–H groups in total. The average molecular weight is 386 g/mol. The van der Waals surface area contributed by atoms with Gasteiger partial charge in [0.25, 0.3) is 0 Å². The first-order chi connectivity index (χ1) is 13.4. The fourth-order valence-corrected chi connectivity index (χ4v) is 3.73. The highest BCUT2D eigenvalue weighted by atomic mass is 16.4. The molecule has 0 bridgehead atoms. The van der Waals surface area contributed by atoms with Crippen molar-refractivity contribution < 1.29 is 8.83 Å². The van der Waals surface area contributed by atoms with Gasteiger partial charge in [-0.2, -0.15) is 0 Å². The summed E-state index contributed by atoms with van der Waals surface area (Å²) < 4.78 is 11.5. The maximum absolute atomic E-state index is 11.8. The van der Waals surface area contributed by atoms with Crippen molar-refractivity contribution in [2.75, 3.05) is 33.2 Å². The maximum Gasteiger partial charge on any atom is 0.336 e. The van der Waals surface area contributed by atoms with Crippen LogP contribution >= 0.6 is 0 Å². The van der Waals surface area contributed by atoms with Crippen LogP contribution in [0.4, 0.5) is 0 Å². The molecule has 0 aliphatic heterocycles. The van der Waals surface area contributed by atoms with Crippen molar-refractivity contribution in [3.8, 4) is 0 Å². The van der Waals surface area contributed by atoms with Crippen LogP contribution in [-0.2, 0) is 6.54 Å². The van der Waals surface area contributed by atoms with Crippen molar-refractivity contribution in [1.29, 1.82) is 0 Å². The molecule has 0 spiro atoms. The summed E-state index contributed by atoms with van der Waals surface area (Å²) in [6.45, 7) is 10.4. The molecule has 3 rings (SSSR count). The van der Waals surface area contributed by atoms with Crippen molar-refractivity contribution in [3.63, 3.8) is 0 Å². The van der Waals surface area contributed by atoms with Crippen LogP contribution in [0, 0.1) is 20.8 Å². The number of nitrogens with one attached hydrogen (secondary N) is 1. The van der Waals surface area contributed by atoms with Crippen LogP contribution in [0.5, 0.6) is 0 Å². The number of nitrogens with two attached hydrogens (primary N) is 1. The van der Waals surface area contributed by atoms with E-state index in [2.05, 4.69) is 23.3 Å². The summed E-state index contributed by atoms with van der Waals surface area (Å²) in [6.07, 6.45) is 2.12. The molecule has 0 saturated heterocycles. The standard InChI is InChI=1S/C22H31N3O3/c1-14-11-20(26)28-21-15(2)22-18(12-17(14)21)19(16(3)27-22)13-24-8-6-10-25(4)9-5-7-23/h11-12,24H,5-10,13,23H2,1-4H3. The molecule has 6 heteroatoms. The third-order valence-electron chi connectivity index (χ3n) is 5.37. The highest BCUT2D eigenvalue weighted by Crippen LogP contribution is 2.34. The molecule has 28 heavy (non-hydrogen) atoms. The fourth-order valence-electron chi connectivity index (χ4n) is 3.73. The lowest BCUT2D eigenvalue weighted by Gasteiger charge is -2.15. The van der Waals surface area contributed by atoms with E-state index in [0.29, 0.717) is 5.58 Å². The Morgan fingerprint density at radius 2 is 1.75 bits per heavy atom. The molecule has 2 heterocycles. The summed E-state index contributed by atoms with van der Waals surface area (Å²) in [7, 11) is 2.14. The molecule has 0 saturated carbocycles. The fraction of sp³-hybridized carbons (Fsp3) is 0.500. The van der Waals surface area contributed by atoms with Crippen LogP contribution in [0.1, 0.15) is 35.3 Å². The lowest BCUT2D eigenvalue weighted by atomic mass is 10.0. The van der Waals surface area contributed by atoms with Crippen LogP contribution in [0.15, 0.2) is 25.8 Å². The Bertz CT molecular complexity index is 1020. The third-order valence-corrected chi connectivity index (χ3v) is 5.37. The van der Waals surface area contributed by atoms with Gasteiger partial charge in [0.15, 0.2) is 0 Å². The smallest absolute Gasteiger partial charge is 0.336 e. The molecule has 0 fully saturated rings. The summed E-state index contributed by atoms with van der Waals surface area (Å²) in [5, 5.41) is 5.59. The Morgan fingerprint density at radius 1 is 1.04 bits per heavy atom. The Kier molecular flexibility index (Phi) is 6.54. The highest BCUT2D eigenvalue weighted by Gasteiger charge is 2.17. The zero-order valence-electron chi connectivity index (χ0n) is 17.4. The van der Waals surface area contributed by atoms with Gasteiger partial charge < -0.3 is 24.8 Å². The zero-order valence-corrected chi connectivity index (χ0v) is 17.4. The first-order valence-electron chi connectivity index (χ1n) is 9.97. The SMILES string of the molecule is Cc1oc2c(C)c3oc(=O)cc(C)c3cc2c1CNCCCN(C)CCCN. The van der Waals surface area contributed by atoms with Crippen molar-refractivity contribution >= 4 is 21.9 Å². The van der Waals surface area contributed by atoms with Gasteiger partial charge in [-0.3, -0.25) is 0 Å². The molecule has 0 aliphatic carbocycles. The van der Waals surface area contributed by atoms with E-state index in [9.17, 15) is 4.79 Å². The van der Waals surface area contributed by atoms with Gasteiger partial charge in [0.1, 0.15) is 16.9 Å². The number of fused-ring (bicyclic) bond motifs is 2. The van der Waals surface area contributed by atoms with Gasteiger partial charge in [-0.25, -0.2) is 4.79 Å². The first kappa shape index (κ1) is 20.6. The molecule has 0 unspecified atom stereocenters. The number of hydrogen-bond acceptors (Lipinski definition) is 6. The van der Waals surface area contributed by atoms with E-state index in [1.807, 2.05) is 20.8 Å². The summed E-state index contributed by atoms with van der Waals surface area (Å²) in [5.41, 5.74) is 9.63. The maximum atomic E-state index is 11.8. The van der Waals surface area contributed by atoms with Crippen LogP contribution in [0.3, 0.4) is 0 Å². The third kappa shape index (κ3) is 4.29. The zero-order chi connectivity index (χ0) is 20.3. The minimum atomic E-state index is -0.325. The quantitative estimate of drug-likeness (QED) is 0.435. The second kappa shape index (κ2) is 8.90. The molecule has 0 amide bonds. The van der Waals surface area contributed by atoms with E-state index >= 15 is 0 Å². The number of benzene rings is 1.